The minimum Gasteiger partial charge on any atom is -0.453 e. The van der Waals surface area contributed by atoms with Gasteiger partial charge in [-0.3, -0.25) is 9.59 Å². The Morgan fingerprint density at radius 2 is 1.35 bits per heavy atom. The number of rotatable bonds is 14. The van der Waals surface area contributed by atoms with Crippen LogP contribution in [0.4, 0.5) is 9.59 Å². The van der Waals surface area contributed by atoms with Gasteiger partial charge in [0.15, 0.2) is 0 Å². The van der Waals surface area contributed by atoms with Crippen molar-refractivity contribution in [3.63, 3.8) is 0 Å². The highest BCUT2D eigenvalue weighted by molar-refractivity contribution is 6.07. The Balaban J connectivity index is 1.06. The number of fused-ring (bicyclic) bond motifs is 6. The van der Waals surface area contributed by atoms with Gasteiger partial charge in [-0.25, -0.2) is 19.6 Å². The minimum absolute atomic E-state index is 0.0282. The maximum atomic E-state index is 14.6. The van der Waals surface area contributed by atoms with Gasteiger partial charge in [-0.05, 0) is 83.8 Å². The van der Waals surface area contributed by atoms with Crippen LogP contribution in [0.15, 0.2) is 104 Å². The summed E-state index contributed by atoms with van der Waals surface area (Å²) >= 11 is 0. The number of ether oxygens (including phenoxy) is 2. The third-order valence-electron chi connectivity index (χ3n) is 12.5. The number of aromatic nitrogens is 4. The number of nitrogens with one attached hydrogen (secondary N) is 4. The topological polar surface area (TPSA) is 175 Å². The SMILES string of the molecule is C=CCCN(Cc1nc2ccc3cc(-c4ccc5c(ccc6nc([C@H](C)N(C(=O)[C@H](NC(=O)OC)c7ccccc7)[C@@H]7[C@H](C)[C@@H]7C)[nH]c65)c4)ccc3c2[nH]1)C(=O)[C@H](C)NC(=O)OC. The lowest BCUT2D eigenvalue weighted by Gasteiger charge is -2.32. The zero-order valence-corrected chi connectivity index (χ0v) is 36.3. The van der Waals surface area contributed by atoms with Gasteiger partial charge in [0.2, 0.25) is 5.91 Å². The van der Waals surface area contributed by atoms with E-state index >= 15 is 0 Å². The predicted octanol–water partition coefficient (Wildman–Crippen LogP) is 8.70. The molecule has 0 aliphatic heterocycles. The molecular formula is C49H52N8O6. The number of methoxy groups -OCH3 is 2. The summed E-state index contributed by atoms with van der Waals surface area (Å²) in [6, 6.07) is 27.9. The first-order valence-electron chi connectivity index (χ1n) is 21.2. The van der Waals surface area contributed by atoms with E-state index < -0.39 is 30.3 Å². The average Bonchev–Trinajstić information content (AvgIpc) is 3.63. The molecule has 5 aromatic carbocycles. The lowest BCUT2D eigenvalue weighted by Crippen LogP contribution is -2.47. The van der Waals surface area contributed by atoms with E-state index in [1.54, 1.807) is 17.9 Å². The van der Waals surface area contributed by atoms with E-state index in [2.05, 4.69) is 94.3 Å². The summed E-state index contributed by atoms with van der Waals surface area (Å²) < 4.78 is 9.60. The van der Waals surface area contributed by atoms with Crippen LogP contribution in [0, 0.1) is 11.8 Å². The van der Waals surface area contributed by atoms with Gasteiger partial charge in [0.1, 0.15) is 23.7 Å². The summed E-state index contributed by atoms with van der Waals surface area (Å²) in [5.74, 6) is 1.37. The van der Waals surface area contributed by atoms with Gasteiger partial charge < -0.3 is 39.9 Å². The van der Waals surface area contributed by atoms with Crippen LogP contribution in [0.1, 0.15) is 63.4 Å². The van der Waals surface area contributed by atoms with Crippen molar-refractivity contribution in [2.45, 2.75) is 64.8 Å². The Hall–Kier alpha value is -7.22. The highest BCUT2D eigenvalue weighted by atomic mass is 16.5. The van der Waals surface area contributed by atoms with Crippen molar-refractivity contribution in [3.8, 4) is 11.1 Å². The van der Waals surface area contributed by atoms with E-state index in [0.29, 0.717) is 30.2 Å². The molecule has 14 heteroatoms. The molecule has 1 fully saturated rings. The van der Waals surface area contributed by atoms with Gasteiger partial charge in [-0.1, -0.05) is 86.7 Å². The Morgan fingerprint density at radius 1 is 0.762 bits per heavy atom. The van der Waals surface area contributed by atoms with Crippen LogP contribution in [0.3, 0.4) is 0 Å². The van der Waals surface area contributed by atoms with Crippen LogP contribution < -0.4 is 10.6 Å². The van der Waals surface area contributed by atoms with Gasteiger partial charge in [0.25, 0.3) is 5.91 Å². The Morgan fingerprint density at radius 3 is 1.94 bits per heavy atom. The molecule has 4 amide bonds. The molecule has 14 nitrogen and oxygen atoms in total. The maximum absolute atomic E-state index is 14.6. The summed E-state index contributed by atoms with van der Waals surface area (Å²) in [6.45, 7) is 12.3. The monoisotopic (exact) mass is 848 g/mol. The summed E-state index contributed by atoms with van der Waals surface area (Å²) in [6.07, 6.45) is 0.981. The molecule has 0 saturated heterocycles. The van der Waals surface area contributed by atoms with Crippen molar-refractivity contribution >= 4 is 67.6 Å². The van der Waals surface area contributed by atoms with Crippen molar-refractivity contribution < 1.29 is 28.7 Å². The minimum atomic E-state index is -0.934. The largest absolute Gasteiger partial charge is 0.453 e. The Labute approximate surface area is 365 Å². The van der Waals surface area contributed by atoms with Gasteiger partial charge in [-0.2, -0.15) is 0 Å². The molecule has 1 aliphatic rings. The van der Waals surface area contributed by atoms with E-state index in [0.717, 1.165) is 54.7 Å². The van der Waals surface area contributed by atoms with Crippen molar-refractivity contribution in [1.82, 2.24) is 40.4 Å². The fourth-order valence-corrected chi connectivity index (χ4v) is 8.72. The second kappa shape index (κ2) is 17.6. The number of benzene rings is 5. The molecule has 0 unspecified atom stereocenters. The van der Waals surface area contributed by atoms with E-state index in [-0.39, 0.29) is 36.2 Å². The number of nitrogens with zero attached hydrogens (tertiary/aromatic N) is 4. The predicted molar refractivity (Wildman–Crippen MR) is 244 cm³/mol. The van der Waals surface area contributed by atoms with Crippen LogP contribution in [0.5, 0.6) is 0 Å². The standard InChI is InChI=1S/C49H52N8O6/c1-8-9-23-56(46(58)29(4)50-48(60)62-6)26-40-51-38-21-17-34-24-32(15-19-36(34)42(38)53-40)33-16-20-37-35(25-33)18-22-39-43(37)54-45(52-39)30(5)57(44-27(2)28(44)3)47(59)41(55-49(61)63-7)31-13-11-10-12-14-31/h8,10-22,24-25,27-30,41,44H,1,9,23,26H2,2-7H3,(H,50,60)(H,51,53)(H,52,54)(H,55,61)/t27-,28+,29-,30-,41+,44-/m0/s1. The van der Waals surface area contributed by atoms with Crippen LogP contribution in [-0.2, 0) is 25.6 Å². The van der Waals surface area contributed by atoms with E-state index in [1.165, 1.54) is 14.2 Å². The molecule has 7 aromatic rings. The highest BCUT2D eigenvalue weighted by Crippen LogP contribution is 2.47. The van der Waals surface area contributed by atoms with E-state index in [9.17, 15) is 19.2 Å². The number of aromatic amines is 2. The fourth-order valence-electron chi connectivity index (χ4n) is 8.72. The zero-order chi connectivity index (χ0) is 44.5. The fraction of sp³-hybridized carbons (Fsp3) is 0.306. The molecule has 0 spiro atoms. The Kier molecular flexibility index (Phi) is 11.9. The third kappa shape index (κ3) is 8.40. The molecule has 8 rings (SSSR count). The van der Waals surface area contributed by atoms with Gasteiger partial charge in [0.05, 0.1) is 48.9 Å². The Bertz CT molecular complexity index is 2860. The number of alkyl carbamates (subject to hydrolysis) is 2. The summed E-state index contributed by atoms with van der Waals surface area (Å²) in [5.41, 5.74) is 6.10. The number of amides is 4. The smallest absolute Gasteiger partial charge is 0.407 e. The first kappa shape index (κ1) is 42.5. The summed E-state index contributed by atoms with van der Waals surface area (Å²) in [5, 5.41) is 9.40. The maximum Gasteiger partial charge on any atom is 0.407 e. The van der Waals surface area contributed by atoms with E-state index in [4.69, 9.17) is 14.7 Å². The lowest BCUT2D eigenvalue weighted by molar-refractivity contribution is -0.137. The van der Waals surface area contributed by atoms with Crippen molar-refractivity contribution in [3.05, 3.63) is 121 Å². The number of hydrogen-bond donors (Lipinski definition) is 4. The van der Waals surface area contributed by atoms with E-state index in [1.807, 2.05) is 54.3 Å². The molecule has 4 N–H and O–H groups in total. The molecule has 63 heavy (non-hydrogen) atoms. The molecule has 2 heterocycles. The van der Waals surface area contributed by atoms with Gasteiger partial charge >= 0.3 is 12.2 Å². The molecule has 324 valence electrons. The second-order valence-electron chi connectivity index (χ2n) is 16.4. The summed E-state index contributed by atoms with van der Waals surface area (Å²) in [7, 11) is 2.55. The second-order valence-corrected chi connectivity index (χ2v) is 16.4. The number of H-pyrrole nitrogens is 2. The first-order valence-corrected chi connectivity index (χ1v) is 21.2. The molecular weight excluding hydrogens is 797 g/mol. The normalized spacial score (nSPS) is 17.2. The third-order valence-corrected chi connectivity index (χ3v) is 12.5. The molecule has 1 saturated carbocycles. The number of carbonyl (C=O) groups excluding carboxylic acids is 4. The molecule has 6 atom stereocenters. The first-order chi connectivity index (χ1) is 30.4. The number of carbonyl (C=O) groups is 4. The molecule has 1 aliphatic carbocycles. The molecule has 2 aromatic heterocycles. The van der Waals surface area contributed by atoms with Crippen molar-refractivity contribution in [2.24, 2.45) is 11.8 Å². The highest BCUT2D eigenvalue weighted by Gasteiger charge is 2.52. The van der Waals surface area contributed by atoms with Crippen molar-refractivity contribution in [1.29, 1.82) is 0 Å². The van der Waals surface area contributed by atoms with Crippen molar-refractivity contribution in [2.75, 3.05) is 20.8 Å². The van der Waals surface area contributed by atoms with Crippen LogP contribution in [0.25, 0.3) is 54.7 Å². The number of imidazole rings is 2. The zero-order valence-electron chi connectivity index (χ0n) is 36.3. The quantitative estimate of drug-likeness (QED) is 0.0787. The lowest BCUT2D eigenvalue weighted by atomic mass is 9.98. The average molecular weight is 849 g/mol. The molecule has 0 radical (unpaired) electrons. The van der Waals surface area contributed by atoms with Crippen LogP contribution in [0.2, 0.25) is 0 Å². The number of hydrogen-bond acceptors (Lipinski definition) is 8. The van der Waals surface area contributed by atoms with Gasteiger partial charge in [0, 0.05) is 23.4 Å². The van der Waals surface area contributed by atoms with Crippen LogP contribution >= 0.6 is 0 Å². The summed E-state index contributed by atoms with van der Waals surface area (Å²) in [4.78, 5) is 72.6. The molecule has 0 bridgehead atoms. The van der Waals surface area contributed by atoms with Crippen LogP contribution in [-0.4, -0.2) is 86.6 Å². The van der Waals surface area contributed by atoms with Gasteiger partial charge in [-0.15, -0.1) is 6.58 Å².